The molecule has 1 atom stereocenters. The van der Waals surface area contributed by atoms with Crippen molar-refractivity contribution in [1.82, 2.24) is 29.9 Å². The lowest BCUT2D eigenvalue weighted by Crippen LogP contribution is -2.13. The molecule has 3 heterocycles. The van der Waals surface area contributed by atoms with Crippen LogP contribution in [0.3, 0.4) is 0 Å². The SMILES string of the molecule is FC(F)(F)c1ccc2nc(C3C=C(c4nc5ccc(CI)cc5nc4-c4ccccc4)C=C(c4nc5ccc(C(F)(F)F)cc5nc4-c4ccccc4)C3)c(C3=CCCC=C3)nc2c1. The topological polar surface area (TPSA) is 77.3 Å². The molecule has 2 aliphatic rings. The zero-order chi connectivity index (χ0) is 44.2. The Bertz CT molecular complexity index is 3270. The summed E-state index contributed by atoms with van der Waals surface area (Å²) >= 11 is 2.31. The van der Waals surface area contributed by atoms with E-state index < -0.39 is 29.4 Å². The lowest BCUT2D eigenvalue weighted by Gasteiger charge is -2.25. The van der Waals surface area contributed by atoms with Crippen molar-refractivity contribution in [2.24, 2.45) is 0 Å². The Labute approximate surface area is 376 Å². The molecule has 0 spiro atoms. The van der Waals surface area contributed by atoms with Crippen molar-refractivity contribution in [3.8, 4) is 22.5 Å². The number of hydrogen-bond acceptors (Lipinski definition) is 6. The Balaban J connectivity index is 1.25. The number of halogens is 7. The van der Waals surface area contributed by atoms with Crippen LogP contribution in [0.25, 0.3) is 72.3 Å². The number of allylic oxidation sites excluding steroid dienone is 8. The first-order chi connectivity index (χ1) is 30.9. The minimum Gasteiger partial charge on any atom is -0.248 e. The summed E-state index contributed by atoms with van der Waals surface area (Å²) in [6.07, 6.45) is 2.58. The van der Waals surface area contributed by atoms with Gasteiger partial charge in [-0.1, -0.05) is 114 Å². The van der Waals surface area contributed by atoms with Crippen molar-refractivity contribution < 1.29 is 26.3 Å². The highest BCUT2D eigenvalue weighted by Gasteiger charge is 2.34. The van der Waals surface area contributed by atoms with Gasteiger partial charge in [0, 0.05) is 21.5 Å². The first kappa shape index (κ1) is 41.4. The van der Waals surface area contributed by atoms with E-state index in [9.17, 15) is 26.3 Å². The van der Waals surface area contributed by atoms with Crippen LogP contribution >= 0.6 is 22.6 Å². The third-order valence-corrected chi connectivity index (χ3v) is 12.2. The van der Waals surface area contributed by atoms with Gasteiger partial charge in [-0.05, 0) is 96.2 Å². The molecule has 10 rings (SSSR count). The van der Waals surface area contributed by atoms with E-state index in [1.54, 1.807) is 0 Å². The van der Waals surface area contributed by atoms with Crippen LogP contribution in [0.1, 0.15) is 64.6 Å². The maximum Gasteiger partial charge on any atom is 0.416 e. The highest BCUT2D eigenvalue weighted by atomic mass is 127. The van der Waals surface area contributed by atoms with E-state index in [0.29, 0.717) is 62.8 Å². The molecule has 316 valence electrons. The van der Waals surface area contributed by atoms with Gasteiger partial charge in [0.2, 0.25) is 0 Å². The molecule has 0 saturated heterocycles. The second-order valence-corrected chi connectivity index (χ2v) is 16.4. The molecule has 2 aliphatic carbocycles. The lowest BCUT2D eigenvalue weighted by atomic mass is 9.82. The normalized spacial score (nSPS) is 15.7. The summed E-state index contributed by atoms with van der Waals surface area (Å²) in [6.45, 7) is 0. The number of fused-ring (bicyclic) bond motifs is 3. The maximum atomic E-state index is 14.0. The van der Waals surface area contributed by atoms with Crippen molar-refractivity contribution in [2.75, 3.05) is 0 Å². The summed E-state index contributed by atoms with van der Waals surface area (Å²) in [5.41, 5.74) is 8.07. The Kier molecular flexibility index (Phi) is 10.7. The Morgan fingerprint density at radius 2 is 1.05 bits per heavy atom. The van der Waals surface area contributed by atoms with Crippen LogP contribution in [-0.4, -0.2) is 29.9 Å². The van der Waals surface area contributed by atoms with Gasteiger partial charge in [-0.3, -0.25) is 0 Å². The van der Waals surface area contributed by atoms with Crippen LogP contribution in [0.15, 0.2) is 146 Å². The van der Waals surface area contributed by atoms with Gasteiger partial charge in [-0.15, -0.1) is 0 Å². The minimum atomic E-state index is -4.59. The summed E-state index contributed by atoms with van der Waals surface area (Å²) in [4.78, 5) is 30.5. The van der Waals surface area contributed by atoms with Crippen LogP contribution in [0.2, 0.25) is 0 Å². The fraction of sp³-hybridized carbons (Fsp3) is 0.137. The van der Waals surface area contributed by atoms with E-state index in [1.165, 1.54) is 12.1 Å². The van der Waals surface area contributed by atoms with E-state index in [0.717, 1.165) is 57.3 Å². The molecule has 8 aromatic rings. The van der Waals surface area contributed by atoms with Crippen LogP contribution in [0, 0.1) is 0 Å². The average molecular weight is 971 g/mol. The number of aromatic nitrogens is 6. The number of benzene rings is 5. The summed E-state index contributed by atoms with van der Waals surface area (Å²) in [5, 5.41) is 0. The maximum absolute atomic E-state index is 14.0. The minimum absolute atomic E-state index is 0.0794. The number of alkyl halides is 7. The highest BCUT2D eigenvalue weighted by Crippen LogP contribution is 2.45. The Morgan fingerprint density at radius 1 is 0.516 bits per heavy atom. The molecule has 0 radical (unpaired) electrons. The lowest BCUT2D eigenvalue weighted by molar-refractivity contribution is -0.138. The van der Waals surface area contributed by atoms with Gasteiger partial charge in [0.1, 0.15) is 0 Å². The molecule has 0 fully saturated rings. The van der Waals surface area contributed by atoms with Crippen LogP contribution < -0.4 is 0 Å². The molecule has 0 N–H and O–H groups in total. The van der Waals surface area contributed by atoms with Crippen LogP contribution in [-0.2, 0) is 16.8 Å². The number of rotatable bonds is 7. The molecule has 64 heavy (non-hydrogen) atoms. The summed E-state index contributed by atoms with van der Waals surface area (Å²) in [6, 6.07) is 31.6. The van der Waals surface area contributed by atoms with Gasteiger partial charge in [-0.25, -0.2) is 29.9 Å². The Hall–Kier alpha value is -6.61. The van der Waals surface area contributed by atoms with Gasteiger partial charge < -0.3 is 0 Å². The van der Waals surface area contributed by atoms with E-state index in [4.69, 9.17) is 29.9 Å². The predicted molar refractivity (Wildman–Crippen MR) is 247 cm³/mol. The molecule has 6 nitrogen and oxygen atoms in total. The monoisotopic (exact) mass is 970 g/mol. The summed E-state index contributed by atoms with van der Waals surface area (Å²) < 4.78 is 84.8. The van der Waals surface area contributed by atoms with E-state index in [1.807, 2.05) is 109 Å². The second-order valence-electron chi connectivity index (χ2n) is 15.6. The van der Waals surface area contributed by atoms with Crippen molar-refractivity contribution in [1.29, 1.82) is 0 Å². The van der Waals surface area contributed by atoms with E-state index >= 15 is 0 Å². The van der Waals surface area contributed by atoms with Gasteiger partial charge in [0.05, 0.1) is 78.4 Å². The van der Waals surface area contributed by atoms with Crippen molar-refractivity contribution >= 4 is 72.4 Å². The number of nitrogens with zero attached hydrogens (tertiary/aromatic N) is 6. The molecule has 13 heteroatoms. The van der Waals surface area contributed by atoms with Crippen LogP contribution in [0.5, 0.6) is 0 Å². The zero-order valence-electron chi connectivity index (χ0n) is 33.6. The highest BCUT2D eigenvalue weighted by molar-refractivity contribution is 14.1. The molecule has 0 bridgehead atoms. The van der Waals surface area contributed by atoms with Crippen LogP contribution in [0.4, 0.5) is 26.3 Å². The molecular weight excluding hydrogens is 937 g/mol. The number of hydrogen-bond donors (Lipinski definition) is 0. The summed E-state index contributed by atoms with van der Waals surface area (Å²) in [5.74, 6) is -0.559. The van der Waals surface area contributed by atoms with Crippen molar-refractivity contribution in [3.05, 3.63) is 185 Å². The molecule has 0 aliphatic heterocycles. The summed E-state index contributed by atoms with van der Waals surface area (Å²) in [7, 11) is 0. The van der Waals surface area contributed by atoms with Crippen molar-refractivity contribution in [3.63, 3.8) is 0 Å². The van der Waals surface area contributed by atoms with E-state index in [2.05, 4.69) is 22.6 Å². The quantitative estimate of drug-likeness (QED) is 0.0900. The Morgan fingerprint density at radius 3 is 1.62 bits per heavy atom. The van der Waals surface area contributed by atoms with Gasteiger partial charge in [0.25, 0.3) is 0 Å². The predicted octanol–water partition coefficient (Wildman–Crippen LogP) is 14.2. The first-order valence-corrected chi connectivity index (χ1v) is 22.0. The molecule has 1 unspecified atom stereocenters. The van der Waals surface area contributed by atoms with Gasteiger partial charge in [0.15, 0.2) is 0 Å². The zero-order valence-corrected chi connectivity index (χ0v) is 35.7. The molecule has 5 aromatic carbocycles. The van der Waals surface area contributed by atoms with Crippen molar-refractivity contribution in [2.45, 2.75) is 42.0 Å². The molecule has 0 saturated carbocycles. The fourth-order valence-electron chi connectivity index (χ4n) is 8.23. The molecule has 0 amide bonds. The largest absolute Gasteiger partial charge is 0.416 e. The smallest absolute Gasteiger partial charge is 0.248 e. The third-order valence-electron chi connectivity index (χ3n) is 11.3. The first-order valence-electron chi connectivity index (χ1n) is 20.5. The second kappa shape index (κ2) is 16.5. The van der Waals surface area contributed by atoms with Gasteiger partial charge >= 0.3 is 12.4 Å². The van der Waals surface area contributed by atoms with E-state index in [-0.39, 0.29) is 28.5 Å². The standard InChI is InChI=1S/C51H33F6IN6/c52-50(53,54)36-17-20-39-42(26-36)63-45(31-12-6-2-7-13-31)48(60-39)34-23-33(47-44(30-10-4-1-5-11-30)62-41-22-29(28-58)16-19-38(41)59-47)24-35(25-34)49-46(32-14-8-3-9-15-32)64-43-27-37(51(55,56)57)18-21-40(43)61-49/h1-2,4-8,10-24,26-27,35H,3,9,25,28H2. The molecular formula is C51H33F6IN6. The molecule has 3 aromatic heterocycles. The third kappa shape index (κ3) is 8.08. The average Bonchev–Trinajstić information content (AvgIpc) is 3.32. The fourth-order valence-corrected chi connectivity index (χ4v) is 8.71. The van der Waals surface area contributed by atoms with Gasteiger partial charge in [-0.2, -0.15) is 26.3 Å².